The van der Waals surface area contributed by atoms with Gasteiger partial charge in [0.1, 0.15) is 0 Å². The molecule has 0 atom stereocenters. The molecule has 3 aromatic carbocycles. The summed E-state index contributed by atoms with van der Waals surface area (Å²) in [4.78, 5) is 2.57. The Hall–Kier alpha value is -3.41. The van der Waals surface area contributed by atoms with Crippen molar-refractivity contribution in [2.45, 2.75) is 0 Å². The van der Waals surface area contributed by atoms with E-state index in [1.165, 1.54) is 43.9 Å². The highest BCUT2D eigenvalue weighted by Crippen LogP contribution is 2.40. The maximum Gasteiger partial charge on any atom is 0.0457 e. The van der Waals surface area contributed by atoms with Crippen LogP contribution < -0.4 is 20.8 Å². The van der Waals surface area contributed by atoms with Gasteiger partial charge in [0, 0.05) is 24.1 Å². The molecule has 154 valence electrons. The first-order valence-electron chi connectivity index (χ1n) is 11.1. The summed E-state index contributed by atoms with van der Waals surface area (Å²) in [5, 5.41) is 4.20. The van der Waals surface area contributed by atoms with Gasteiger partial charge in [0.25, 0.3) is 0 Å². The van der Waals surface area contributed by atoms with E-state index in [0.29, 0.717) is 0 Å². The van der Waals surface area contributed by atoms with Crippen LogP contribution in [0.25, 0.3) is 0 Å². The Morgan fingerprint density at radius 1 is 0.562 bits per heavy atom. The standard InChI is InChI=1S/C30H24NP/c1-3-13-25(14-4-1)32(26-15-5-2-6-16-26)30-20-8-7-19-29(30)31-21-23-11-9-17-27(23)28-18-10-12-24(28)22-31/h1-20H,21-22H2. The highest BCUT2D eigenvalue weighted by atomic mass is 31.1. The second-order valence-electron chi connectivity index (χ2n) is 8.28. The fourth-order valence-corrected chi connectivity index (χ4v) is 7.33. The molecule has 0 radical (unpaired) electrons. The largest absolute Gasteiger partial charge is 0.362 e. The summed E-state index contributed by atoms with van der Waals surface area (Å²) in [7, 11) is -0.654. The van der Waals surface area contributed by atoms with Crippen molar-refractivity contribution in [1.29, 1.82) is 0 Å². The van der Waals surface area contributed by atoms with Crippen molar-refractivity contribution in [2.75, 3.05) is 18.0 Å². The first-order valence-corrected chi connectivity index (χ1v) is 12.5. The van der Waals surface area contributed by atoms with E-state index in [2.05, 4.69) is 126 Å². The van der Waals surface area contributed by atoms with Gasteiger partial charge < -0.3 is 4.90 Å². The molecule has 2 aliphatic carbocycles. The quantitative estimate of drug-likeness (QED) is 0.491. The average molecular weight is 430 g/mol. The first kappa shape index (κ1) is 19.3. The van der Waals surface area contributed by atoms with Crippen molar-refractivity contribution in [1.82, 2.24) is 0 Å². The summed E-state index contributed by atoms with van der Waals surface area (Å²) in [6, 6.07) is 31.0. The van der Waals surface area contributed by atoms with E-state index in [1.807, 2.05) is 0 Å². The molecular formula is C30H24NP. The molecule has 0 bridgehead atoms. The van der Waals surface area contributed by atoms with Crippen LogP contribution in [0.2, 0.25) is 0 Å². The molecule has 0 saturated heterocycles. The lowest BCUT2D eigenvalue weighted by molar-refractivity contribution is 0.929. The Balaban J connectivity index is 1.48. The lowest BCUT2D eigenvalue weighted by atomic mass is 10.0. The Kier molecular flexibility index (Phi) is 4.98. The van der Waals surface area contributed by atoms with Crippen LogP contribution in [-0.2, 0) is 0 Å². The normalized spacial score (nSPS) is 16.7. The molecule has 3 aliphatic rings. The number of benzene rings is 3. The van der Waals surface area contributed by atoms with Gasteiger partial charge in [0.15, 0.2) is 0 Å². The molecule has 2 heteroatoms. The highest BCUT2D eigenvalue weighted by molar-refractivity contribution is 7.80. The number of nitrogens with zero attached hydrogens (tertiary/aromatic N) is 1. The van der Waals surface area contributed by atoms with Crippen LogP contribution in [0.1, 0.15) is 0 Å². The fraction of sp³-hybridized carbons (Fsp3) is 0.0667. The smallest absolute Gasteiger partial charge is 0.0457 e. The van der Waals surface area contributed by atoms with Gasteiger partial charge in [0.2, 0.25) is 0 Å². The van der Waals surface area contributed by atoms with Gasteiger partial charge in [0.05, 0.1) is 0 Å². The van der Waals surface area contributed by atoms with Gasteiger partial charge in [-0.15, -0.1) is 0 Å². The molecular weight excluding hydrogens is 405 g/mol. The second-order valence-corrected chi connectivity index (χ2v) is 10.5. The van der Waals surface area contributed by atoms with E-state index in [9.17, 15) is 0 Å². The minimum atomic E-state index is -0.654. The lowest BCUT2D eigenvalue weighted by Gasteiger charge is -2.30. The van der Waals surface area contributed by atoms with E-state index in [4.69, 9.17) is 0 Å². The topological polar surface area (TPSA) is 3.24 Å². The van der Waals surface area contributed by atoms with Gasteiger partial charge in [-0.3, -0.25) is 0 Å². The Morgan fingerprint density at radius 2 is 1.06 bits per heavy atom. The van der Waals surface area contributed by atoms with Crippen molar-refractivity contribution in [3.05, 3.63) is 144 Å². The van der Waals surface area contributed by atoms with E-state index >= 15 is 0 Å². The van der Waals surface area contributed by atoms with Crippen LogP contribution in [0, 0.1) is 0 Å². The van der Waals surface area contributed by atoms with E-state index in [1.54, 1.807) is 0 Å². The number of fused-ring (bicyclic) bond motifs is 2. The molecule has 1 aliphatic heterocycles. The molecule has 0 fully saturated rings. The van der Waals surface area contributed by atoms with Gasteiger partial charge in [-0.1, -0.05) is 115 Å². The number of anilines is 1. The van der Waals surface area contributed by atoms with Crippen LogP contribution >= 0.6 is 7.92 Å². The molecule has 3 aromatic rings. The number of allylic oxidation sites excluding steroid dienone is 6. The van der Waals surface area contributed by atoms with Crippen molar-refractivity contribution in [3.8, 4) is 0 Å². The number of hydrogen-bond acceptors (Lipinski definition) is 1. The summed E-state index contributed by atoms with van der Waals surface area (Å²) in [5.74, 6) is 0. The molecule has 0 aromatic heterocycles. The Labute approximate surface area is 191 Å². The summed E-state index contributed by atoms with van der Waals surface area (Å²) in [5.41, 5.74) is 6.94. The Morgan fingerprint density at radius 3 is 1.62 bits per heavy atom. The summed E-state index contributed by atoms with van der Waals surface area (Å²) in [6.07, 6.45) is 13.5. The zero-order valence-electron chi connectivity index (χ0n) is 17.9. The molecule has 0 unspecified atom stereocenters. The SMILES string of the molecule is C1=CC2=C3C=CC=C3CN(c3ccccc3P(c3ccccc3)c3ccccc3)CC2=C1. The molecule has 0 N–H and O–H groups in total. The maximum atomic E-state index is 2.57. The predicted octanol–water partition coefficient (Wildman–Crippen LogP) is 5.55. The van der Waals surface area contributed by atoms with Crippen molar-refractivity contribution in [2.24, 2.45) is 0 Å². The minimum absolute atomic E-state index is 0.654. The van der Waals surface area contributed by atoms with Crippen LogP contribution in [0.5, 0.6) is 0 Å². The monoisotopic (exact) mass is 429 g/mol. The van der Waals surface area contributed by atoms with Crippen molar-refractivity contribution < 1.29 is 0 Å². The van der Waals surface area contributed by atoms with E-state index in [-0.39, 0.29) is 0 Å². The zero-order chi connectivity index (χ0) is 21.3. The molecule has 1 heterocycles. The van der Waals surface area contributed by atoms with Gasteiger partial charge in [-0.2, -0.15) is 0 Å². The highest BCUT2D eigenvalue weighted by Gasteiger charge is 2.27. The van der Waals surface area contributed by atoms with Crippen molar-refractivity contribution in [3.63, 3.8) is 0 Å². The summed E-state index contributed by atoms with van der Waals surface area (Å²) >= 11 is 0. The minimum Gasteiger partial charge on any atom is -0.362 e. The third-order valence-corrected chi connectivity index (χ3v) is 8.81. The third-order valence-electron chi connectivity index (χ3n) is 6.32. The zero-order valence-corrected chi connectivity index (χ0v) is 18.8. The average Bonchev–Trinajstić information content (AvgIpc) is 3.47. The molecule has 0 amide bonds. The molecule has 0 spiro atoms. The molecule has 0 saturated carbocycles. The number of hydrogen-bond donors (Lipinski definition) is 0. The predicted molar refractivity (Wildman–Crippen MR) is 139 cm³/mol. The Bertz CT molecular complexity index is 1230. The van der Waals surface area contributed by atoms with Gasteiger partial charge in [-0.05, 0) is 46.9 Å². The van der Waals surface area contributed by atoms with Gasteiger partial charge in [-0.25, -0.2) is 0 Å². The molecule has 1 nitrogen and oxygen atoms in total. The molecule has 6 rings (SSSR count). The lowest BCUT2D eigenvalue weighted by Crippen LogP contribution is -2.32. The van der Waals surface area contributed by atoms with Gasteiger partial charge >= 0.3 is 0 Å². The fourth-order valence-electron chi connectivity index (χ4n) is 4.86. The maximum absolute atomic E-state index is 2.57. The summed E-state index contributed by atoms with van der Waals surface area (Å²) < 4.78 is 0. The van der Waals surface area contributed by atoms with E-state index in [0.717, 1.165) is 13.1 Å². The first-order chi connectivity index (χ1) is 15.9. The van der Waals surface area contributed by atoms with Crippen molar-refractivity contribution >= 4 is 29.5 Å². The molecule has 32 heavy (non-hydrogen) atoms. The number of rotatable bonds is 4. The van der Waals surface area contributed by atoms with Crippen LogP contribution in [0.3, 0.4) is 0 Å². The van der Waals surface area contributed by atoms with Crippen LogP contribution in [0.4, 0.5) is 5.69 Å². The van der Waals surface area contributed by atoms with Crippen LogP contribution in [0.15, 0.2) is 144 Å². The third kappa shape index (κ3) is 3.40. The number of para-hydroxylation sites is 1. The van der Waals surface area contributed by atoms with E-state index < -0.39 is 7.92 Å². The van der Waals surface area contributed by atoms with Crippen LogP contribution in [-0.4, -0.2) is 13.1 Å². The second kappa shape index (κ2) is 8.26. The summed E-state index contributed by atoms with van der Waals surface area (Å²) in [6.45, 7) is 1.86.